The quantitative estimate of drug-likeness (QED) is 0.00587. The molecule has 0 saturated heterocycles. The molecule has 0 radical (unpaired) electrons. The SMILES string of the molecule is C.C.C.CC/C=C/CC(=O)O.CC/C=C/CC(=O)OC.CCC(=O)O.CCC(=O)O.CCC(=O)c1ccco1.CCC(=O)c1ccco1.CCCc1ccc(C)o1.COC(=O)CC(=O)O.Cc1ccc(CCCc2ccc(S(=O)(=O)[O-])o2)o1.O=C(CC(=O)c1ccco1)c1ccco1.O=C(O)CC(=O)O.[Na+].c1ccoc1.c1coc(CCCc2ccco2)c1. The molecule has 10 aromatic rings. The van der Waals surface area contributed by atoms with Crippen LogP contribution >= 0.6 is 0 Å². The van der Waals surface area contributed by atoms with Crippen LogP contribution in [0, 0.1) is 13.8 Å². The zero-order chi connectivity index (χ0) is 90.9. The number of carboxylic acids is 6. The Morgan fingerprint density at radius 1 is 0.355 bits per heavy atom. The molecule has 10 heterocycles. The maximum atomic E-state index is 11.5. The Morgan fingerprint density at radius 3 is 0.927 bits per heavy atom. The molecule has 10 rings (SSSR count). The molecule has 0 unspecified atom stereocenters. The average molecular weight is 1770 g/mol. The second kappa shape index (κ2) is 80.4. The molecule has 0 aliphatic rings. The van der Waals surface area contributed by atoms with Crippen molar-refractivity contribution >= 4 is 81.0 Å². The van der Waals surface area contributed by atoms with E-state index < -0.39 is 69.8 Å². The third-order valence-electron chi connectivity index (χ3n) is 13.4. The number of Topliss-reactive ketones (excluding diaryl/α,β-unsaturated/α-hetero) is 4. The summed E-state index contributed by atoms with van der Waals surface area (Å²) in [5.74, 6) is 0.207. The number of aliphatic carboxylic acids is 6. The Kier molecular flexibility index (Phi) is 80.9. The van der Waals surface area contributed by atoms with Gasteiger partial charge in [-0.25, -0.2) is 8.42 Å². The topological polar surface area (TPSA) is 533 Å². The first-order valence-corrected chi connectivity index (χ1v) is 38.7. The zero-order valence-corrected chi connectivity index (χ0v) is 72.8. The Balaban J connectivity index is -0.000000243. The van der Waals surface area contributed by atoms with Gasteiger partial charge < -0.3 is 88.8 Å². The van der Waals surface area contributed by atoms with E-state index in [9.17, 15) is 70.5 Å². The van der Waals surface area contributed by atoms with Gasteiger partial charge >= 0.3 is 77.3 Å². The summed E-state index contributed by atoms with van der Waals surface area (Å²) in [6.07, 6.45) is 29.3. The third-order valence-corrected chi connectivity index (χ3v) is 14.1. The van der Waals surface area contributed by atoms with E-state index in [-0.39, 0.29) is 118 Å². The van der Waals surface area contributed by atoms with Gasteiger partial charge in [-0.2, -0.15) is 0 Å². The van der Waals surface area contributed by atoms with Crippen LogP contribution in [0.25, 0.3) is 0 Å². The average Bonchev–Trinajstić information content (AvgIpc) is 1.72. The van der Waals surface area contributed by atoms with Crippen LogP contribution in [-0.2, 0) is 90.1 Å². The number of methoxy groups -OCH3 is 2. The molecular weight excluding hydrogens is 1650 g/mol. The van der Waals surface area contributed by atoms with Crippen molar-refractivity contribution in [2.45, 2.75) is 212 Å². The van der Waals surface area contributed by atoms with Crippen LogP contribution in [0.3, 0.4) is 0 Å². The van der Waals surface area contributed by atoms with Crippen molar-refractivity contribution in [3.8, 4) is 0 Å². The Hall–Kier alpha value is -12.4. The Bertz CT molecular complexity index is 4300. The van der Waals surface area contributed by atoms with Gasteiger partial charge in [-0.05, 0) is 167 Å². The number of rotatable bonds is 31. The standard InChI is InChI=1S/C12H14O5S.C11H8O4.C11H12O2.C8H12O.2C7H8O2.C7H12O2.C6H10O2.C4H6O4.C4H4O.C3H4O4.2C3H6O2.3CH4.Na/c1-9-5-6-10(16-9)3-2-4-11-7-8-12(17-11)18(13,14)15;12-8(10-3-1-5-14-10)7-9(13)11-4-2-6-15-11;1(4-10-6-2-8-12-10)5-11-7-3-9-13-11;1-3-4-8-6-5-7(2)9-8;2*1-2-6(8)7-4-3-5-9-7;1-3-4-5-6-7(8)9-2;1-2-3-4-5-6(7)8;1-8-4(7)2-3(5)6;1-2-4-5-3-1;4-2(5)1-3(6)7;2*1-2-3(4)5;;;;/h5-8H,2-4H2,1H3,(H,13,14,15);1-6H,7H2;2-3,6-9H,1,4-5H2;5-6H,3-4H2,1-2H3;2*3-5H,2H2,1H3;4-5H,3,6H2,1-2H3;3-4H,2,5H2,1H3,(H,7,8);2H2,1H3,(H,5,6);1-4H;1H2,(H,4,5)(H,6,7);2*2H2,1H3,(H,4,5);3*1H4;/q;;;;;;;;;;;;;;;;+1/p-1/b;;;;;;5-4+;4-3+;;;;;;;;;. The summed E-state index contributed by atoms with van der Waals surface area (Å²) in [5, 5.41) is 46.3. The van der Waals surface area contributed by atoms with E-state index in [2.05, 4.69) is 20.8 Å². The molecule has 682 valence electrons. The number of hydrogen-bond donors (Lipinski definition) is 6. The molecule has 0 aromatic carbocycles. The van der Waals surface area contributed by atoms with Crippen molar-refractivity contribution < 1.29 is 184 Å². The summed E-state index contributed by atoms with van der Waals surface area (Å²) in [5.41, 5.74) is 0. The molecule has 10 aromatic heterocycles. The number of carbonyl (C=O) groups excluding carboxylic acids is 6. The van der Waals surface area contributed by atoms with E-state index in [1.807, 2.05) is 120 Å². The largest absolute Gasteiger partial charge is 1.00 e. The molecule has 0 aliphatic carbocycles. The van der Waals surface area contributed by atoms with Crippen molar-refractivity contribution in [2.24, 2.45) is 0 Å². The first-order chi connectivity index (χ1) is 57.1. The molecule has 0 aliphatic heterocycles. The first-order valence-electron chi connectivity index (χ1n) is 37.3. The molecule has 0 bridgehead atoms. The van der Waals surface area contributed by atoms with Crippen molar-refractivity contribution in [1.29, 1.82) is 0 Å². The van der Waals surface area contributed by atoms with E-state index in [0.717, 1.165) is 99.5 Å². The second-order valence-electron chi connectivity index (χ2n) is 23.3. The Labute approximate surface area is 745 Å². The van der Waals surface area contributed by atoms with E-state index in [1.165, 1.54) is 56.4 Å². The van der Waals surface area contributed by atoms with Crippen molar-refractivity contribution in [2.75, 3.05) is 14.2 Å². The molecule has 124 heavy (non-hydrogen) atoms. The fourth-order valence-electron chi connectivity index (χ4n) is 7.65. The number of allylic oxidation sites excluding steroid dienone is 2. The van der Waals surface area contributed by atoms with Gasteiger partial charge in [0.05, 0.1) is 83.6 Å². The summed E-state index contributed by atoms with van der Waals surface area (Å²) < 4.78 is 90.6. The third kappa shape index (κ3) is 73.5. The number of carbonyl (C=O) groups is 12. The summed E-state index contributed by atoms with van der Waals surface area (Å²) in [6.45, 7) is 16.8. The van der Waals surface area contributed by atoms with Gasteiger partial charge in [0, 0.05) is 57.8 Å². The molecule has 35 heteroatoms. The van der Waals surface area contributed by atoms with E-state index in [4.69, 9.17) is 70.4 Å². The molecule has 0 saturated carbocycles. The predicted molar refractivity (Wildman–Crippen MR) is 453 cm³/mol. The van der Waals surface area contributed by atoms with E-state index in [0.29, 0.717) is 43.0 Å². The van der Waals surface area contributed by atoms with Gasteiger partial charge in [-0.1, -0.05) is 95.1 Å². The fraction of sp³-hybridized carbons (Fsp3) is 0.371. The second-order valence-corrected chi connectivity index (χ2v) is 24.6. The number of ketones is 4. The van der Waals surface area contributed by atoms with Gasteiger partial charge in [0.25, 0.3) is 0 Å². The van der Waals surface area contributed by atoms with Crippen LogP contribution in [0.1, 0.15) is 243 Å². The minimum Gasteiger partial charge on any atom is -0.742 e. The minimum atomic E-state index is -4.49. The van der Waals surface area contributed by atoms with Crippen molar-refractivity contribution in [1.82, 2.24) is 0 Å². The molecule has 0 amide bonds. The minimum absolute atomic E-state index is 0. The fourth-order valence-corrected chi connectivity index (χ4v) is 8.09. The van der Waals surface area contributed by atoms with Crippen LogP contribution < -0.4 is 29.6 Å². The number of aryl methyl sites for hydroxylation is 7. The number of esters is 2. The summed E-state index contributed by atoms with van der Waals surface area (Å²) in [4.78, 5) is 122. The zero-order valence-electron chi connectivity index (χ0n) is 70.0. The van der Waals surface area contributed by atoms with Crippen LogP contribution in [0.15, 0.2) is 245 Å². The predicted octanol–water partition coefficient (Wildman–Crippen LogP) is 17.2. The smallest absolute Gasteiger partial charge is 0.742 e. The number of hydrogen-bond acceptors (Lipinski definition) is 27. The normalized spacial score (nSPS) is 9.42. The molecule has 0 atom stereocenters. The maximum Gasteiger partial charge on any atom is 1.00 e. The monoisotopic (exact) mass is 1770 g/mol. The van der Waals surface area contributed by atoms with E-state index >= 15 is 0 Å². The van der Waals surface area contributed by atoms with Crippen LogP contribution in [0.2, 0.25) is 0 Å². The van der Waals surface area contributed by atoms with Gasteiger partial charge in [0.2, 0.25) is 16.7 Å². The Morgan fingerprint density at radius 2 is 0.685 bits per heavy atom. The van der Waals surface area contributed by atoms with Crippen LogP contribution in [0.5, 0.6) is 0 Å². The summed E-state index contributed by atoms with van der Waals surface area (Å²) >= 11 is 0. The van der Waals surface area contributed by atoms with Crippen LogP contribution in [-0.4, -0.2) is 129 Å². The molecular formula is C89H121NaO33S. The summed E-state index contributed by atoms with van der Waals surface area (Å²) in [6, 6.07) is 35.1. The number of furan rings is 10. The molecule has 6 N–H and O–H groups in total. The van der Waals surface area contributed by atoms with Gasteiger partial charge in [0.1, 0.15) is 53.2 Å². The number of ether oxygens (including phenoxy) is 2. The van der Waals surface area contributed by atoms with Crippen molar-refractivity contribution in [3.63, 3.8) is 0 Å². The van der Waals surface area contributed by atoms with Gasteiger partial charge in [-0.15, -0.1) is 0 Å². The first kappa shape index (κ1) is 125. The maximum absolute atomic E-state index is 11.5. The van der Waals surface area contributed by atoms with Gasteiger partial charge in [0.15, 0.2) is 44.7 Å². The number of carboxylic acid groups (broad SMARTS) is 6. The van der Waals surface area contributed by atoms with Crippen LogP contribution in [0.4, 0.5) is 0 Å². The molecule has 0 fully saturated rings. The molecule has 33 nitrogen and oxygen atoms in total. The summed E-state index contributed by atoms with van der Waals surface area (Å²) in [7, 11) is -1.96. The van der Waals surface area contributed by atoms with Crippen molar-refractivity contribution in [3.05, 3.63) is 259 Å². The molecule has 0 spiro atoms. The van der Waals surface area contributed by atoms with E-state index in [1.54, 1.807) is 81.4 Å². The van der Waals surface area contributed by atoms with Gasteiger partial charge in [-0.3, -0.25) is 57.5 Å².